The number of hydrogen-bond donors (Lipinski definition) is 0. The summed E-state index contributed by atoms with van der Waals surface area (Å²) in [5, 5.41) is 5.75. The fraction of sp³-hybridized carbons (Fsp3) is 0.263. The Bertz CT molecular complexity index is 809. The molecule has 0 heterocycles. The Morgan fingerprint density at radius 2 is 1.53 bits per heavy atom. The van der Waals surface area contributed by atoms with Crippen LogP contribution in [0.4, 0.5) is 0 Å². The Labute approximate surface area is 114 Å². The second-order valence-electron chi connectivity index (χ2n) is 5.77. The van der Waals surface area contributed by atoms with Gasteiger partial charge in [0.1, 0.15) is 0 Å². The lowest BCUT2D eigenvalue weighted by molar-refractivity contribution is 0.910. The van der Waals surface area contributed by atoms with Crippen molar-refractivity contribution in [1.82, 2.24) is 0 Å². The molecule has 0 N–H and O–H groups in total. The van der Waals surface area contributed by atoms with E-state index in [4.69, 9.17) is 0 Å². The van der Waals surface area contributed by atoms with E-state index >= 15 is 0 Å². The molecule has 3 aromatic carbocycles. The minimum absolute atomic E-state index is 1.26. The molecule has 0 fully saturated rings. The topological polar surface area (TPSA) is 0 Å². The van der Waals surface area contributed by atoms with Crippen molar-refractivity contribution in [3.63, 3.8) is 0 Å². The van der Waals surface area contributed by atoms with Gasteiger partial charge in [0.25, 0.3) is 0 Å². The molecule has 0 aromatic heterocycles. The molecule has 0 atom stereocenters. The molecule has 0 unspecified atom stereocenters. The van der Waals surface area contributed by atoms with Gasteiger partial charge < -0.3 is 0 Å². The van der Waals surface area contributed by atoms with Crippen LogP contribution in [0.25, 0.3) is 21.5 Å². The van der Waals surface area contributed by atoms with Crippen LogP contribution in [0.1, 0.15) is 28.7 Å². The van der Waals surface area contributed by atoms with Gasteiger partial charge in [-0.25, -0.2) is 0 Å². The third-order valence-corrected chi connectivity index (χ3v) is 4.86. The van der Waals surface area contributed by atoms with E-state index in [0.717, 1.165) is 0 Å². The van der Waals surface area contributed by atoms with Crippen molar-refractivity contribution in [3.8, 4) is 0 Å². The van der Waals surface area contributed by atoms with Crippen molar-refractivity contribution < 1.29 is 0 Å². The van der Waals surface area contributed by atoms with Gasteiger partial charge in [0.15, 0.2) is 0 Å². The zero-order chi connectivity index (χ0) is 13.0. The van der Waals surface area contributed by atoms with Crippen LogP contribution in [0.5, 0.6) is 0 Å². The third kappa shape index (κ3) is 1.40. The fourth-order valence-electron chi connectivity index (χ4n) is 3.80. The molecule has 4 rings (SSSR count). The Balaban J connectivity index is 2.30. The van der Waals surface area contributed by atoms with Gasteiger partial charge in [-0.1, -0.05) is 36.4 Å². The molecule has 94 valence electrons. The first-order chi connectivity index (χ1) is 9.27. The lowest BCUT2D eigenvalue weighted by Gasteiger charge is -2.15. The highest BCUT2D eigenvalue weighted by atomic mass is 14.2. The van der Waals surface area contributed by atoms with Crippen LogP contribution in [0, 0.1) is 13.8 Å². The molecule has 0 radical (unpaired) electrons. The molecule has 0 spiro atoms. The zero-order valence-corrected chi connectivity index (χ0v) is 11.6. The predicted molar refractivity (Wildman–Crippen MR) is 83.0 cm³/mol. The highest BCUT2D eigenvalue weighted by Gasteiger charge is 2.19. The summed E-state index contributed by atoms with van der Waals surface area (Å²) in [6.07, 6.45) is 3.84. The van der Waals surface area contributed by atoms with E-state index in [9.17, 15) is 0 Å². The van der Waals surface area contributed by atoms with E-state index < -0.39 is 0 Å². The van der Waals surface area contributed by atoms with E-state index in [0.29, 0.717) is 0 Å². The maximum Gasteiger partial charge on any atom is -0.00705 e. The van der Waals surface area contributed by atoms with Crippen LogP contribution in [0.2, 0.25) is 0 Å². The number of hydrogen-bond acceptors (Lipinski definition) is 0. The summed E-state index contributed by atoms with van der Waals surface area (Å²) in [5.41, 5.74) is 6.24. The van der Waals surface area contributed by atoms with Crippen molar-refractivity contribution in [2.45, 2.75) is 33.1 Å². The number of fused-ring (bicyclic) bond motifs is 5. The molecule has 1 aliphatic carbocycles. The SMILES string of the molecule is Cc1c2c(c3ccc4ccccc4c3c1C)CCC2. The first-order valence-electron chi connectivity index (χ1n) is 7.20. The summed E-state index contributed by atoms with van der Waals surface area (Å²) in [5.74, 6) is 0. The van der Waals surface area contributed by atoms with Crippen molar-refractivity contribution in [1.29, 1.82) is 0 Å². The van der Waals surface area contributed by atoms with Crippen LogP contribution in [0.15, 0.2) is 36.4 Å². The molecule has 0 heteroatoms. The summed E-state index contributed by atoms with van der Waals surface area (Å²) in [6, 6.07) is 13.4. The molecular weight excluding hydrogens is 228 g/mol. The molecule has 0 nitrogen and oxygen atoms in total. The quantitative estimate of drug-likeness (QED) is 0.484. The molecular formula is C19H18. The van der Waals surface area contributed by atoms with Crippen molar-refractivity contribution in [3.05, 3.63) is 58.7 Å². The molecule has 19 heavy (non-hydrogen) atoms. The van der Waals surface area contributed by atoms with Gasteiger partial charge in [-0.2, -0.15) is 0 Å². The van der Waals surface area contributed by atoms with E-state index in [2.05, 4.69) is 50.2 Å². The summed E-state index contributed by atoms with van der Waals surface area (Å²) in [6.45, 7) is 4.60. The second kappa shape index (κ2) is 3.84. The van der Waals surface area contributed by atoms with E-state index in [-0.39, 0.29) is 0 Å². The maximum absolute atomic E-state index is 2.34. The van der Waals surface area contributed by atoms with Gasteiger partial charge in [0.2, 0.25) is 0 Å². The second-order valence-corrected chi connectivity index (χ2v) is 5.77. The van der Waals surface area contributed by atoms with Crippen LogP contribution in [-0.2, 0) is 12.8 Å². The van der Waals surface area contributed by atoms with Gasteiger partial charge in [0.05, 0.1) is 0 Å². The molecule has 0 saturated heterocycles. The minimum atomic E-state index is 1.26. The largest absolute Gasteiger partial charge is 0.0616 e. The van der Waals surface area contributed by atoms with E-state index in [1.807, 2.05) is 0 Å². The van der Waals surface area contributed by atoms with Crippen molar-refractivity contribution in [2.24, 2.45) is 0 Å². The fourth-order valence-corrected chi connectivity index (χ4v) is 3.80. The lowest BCUT2D eigenvalue weighted by Crippen LogP contribution is -1.95. The Morgan fingerprint density at radius 3 is 2.42 bits per heavy atom. The average Bonchev–Trinajstić information content (AvgIpc) is 2.93. The molecule has 3 aromatic rings. The van der Waals surface area contributed by atoms with Crippen LogP contribution in [0.3, 0.4) is 0 Å². The van der Waals surface area contributed by atoms with Crippen LogP contribution < -0.4 is 0 Å². The first-order valence-corrected chi connectivity index (χ1v) is 7.20. The van der Waals surface area contributed by atoms with Gasteiger partial charge >= 0.3 is 0 Å². The Morgan fingerprint density at radius 1 is 0.737 bits per heavy atom. The van der Waals surface area contributed by atoms with Gasteiger partial charge in [-0.3, -0.25) is 0 Å². The minimum Gasteiger partial charge on any atom is -0.0616 e. The van der Waals surface area contributed by atoms with Gasteiger partial charge in [0, 0.05) is 0 Å². The smallest absolute Gasteiger partial charge is 0.00705 e. The van der Waals surface area contributed by atoms with Crippen LogP contribution >= 0.6 is 0 Å². The predicted octanol–water partition coefficient (Wildman–Crippen LogP) is 5.10. The molecule has 1 aliphatic rings. The Kier molecular flexibility index (Phi) is 2.23. The highest BCUT2D eigenvalue weighted by molar-refractivity contribution is 6.11. The van der Waals surface area contributed by atoms with Crippen molar-refractivity contribution in [2.75, 3.05) is 0 Å². The van der Waals surface area contributed by atoms with Gasteiger partial charge in [-0.05, 0) is 76.9 Å². The van der Waals surface area contributed by atoms with E-state index in [1.54, 1.807) is 11.1 Å². The summed E-state index contributed by atoms with van der Waals surface area (Å²) in [4.78, 5) is 0. The summed E-state index contributed by atoms with van der Waals surface area (Å²) in [7, 11) is 0. The van der Waals surface area contributed by atoms with E-state index in [1.165, 1.54) is 51.9 Å². The number of aryl methyl sites for hydroxylation is 2. The number of rotatable bonds is 0. The first kappa shape index (κ1) is 11.0. The molecule has 0 amide bonds. The lowest BCUT2D eigenvalue weighted by atomic mass is 9.89. The standard InChI is InChI=1S/C19H18/c1-12-13(2)19-16-7-4-3-6-14(16)10-11-18(19)17-9-5-8-15(12)17/h3-4,6-7,10-11H,5,8-9H2,1-2H3. The Hall–Kier alpha value is -1.82. The molecule has 0 bridgehead atoms. The number of benzene rings is 3. The highest BCUT2D eigenvalue weighted by Crippen LogP contribution is 2.38. The summed E-state index contributed by atoms with van der Waals surface area (Å²) < 4.78 is 0. The monoisotopic (exact) mass is 246 g/mol. The van der Waals surface area contributed by atoms with Crippen molar-refractivity contribution >= 4 is 21.5 Å². The molecule has 0 aliphatic heterocycles. The normalized spacial score (nSPS) is 14.2. The summed E-state index contributed by atoms with van der Waals surface area (Å²) >= 11 is 0. The third-order valence-electron chi connectivity index (χ3n) is 4.86. The zero-order valence-electron chi connectivity index (χ0n) is 11.6. The van der Waals surface area contributed by atoms with Crippen LogP contribution in [-0.4, -0.2) is 0 Å². The average molecular weight is 246 g/mol. The maximum atomic E-state index is 2.34. The molecule has 0 saturated carbocycles. The van der Waals surface area contributed by atoms with Gasteiger partial charge in [-0.15, -0.1) is 0 Å².